The molecule has 156 valence electrons. The lowest BCUT2D eigenvalue weighted by Crippen LogP contribution is -2.49. The van der Waals surface area contributed by atoms with Crippen molar-refractivity contribution in [1.29, 1.82) is 0 Å². The molecule has 2 aliphatic rings. The molecule has 3 aromatic rings. The van der Waals surface area contributed by atoms with E-state index < -0.39 is 0 Å². The van der Waals surface area contributed by atoms with E-state index in [-0.39, 0.29) is 24.1 Å². The molecule has 1 aliphatic carbocycles. The smallest absolute Gasteiger partial charge is 0.245 e. The molecule has 3 aromatic heterocycles. The number of fused-ring (bicyclic) bond motifs is 1. The van der Waals surface area contributed by atoms with E-state index in [2.05, 4.69) is 16.8 Å². The number of amides is 1. The molecule has 5 rings (SSSR count). The number of hydrogen-bond donors (Lipinski definition) is 0. The van der Waals surface area contributed by atoms with Crippen molar-refractivity contribution in [2.45, 2.75) is 37.5 Å². The fraction of sp³-hybridized carbons (Fsp3) is 0.429. The molecule has 0 bridgehead atoms. The minimum absolute atomic E-state index is 0.00914. The number of carbonyl (C=O) groups excluding carboxylic acids is 1. The normalized spacial score (nSPS) is 23.3. The van der Waals surface area contributed by atoms with Gasteiger partial charge in [0.25, 0.3) is 0 Å². The molecule has 9 nitrogen and oxygen atoms in total. The molecule has 0 spiro atoms. The van der Waals surface area contributed by atoms with Gasteiger partial charge in [-0.25, -0.2) is 9.50 Å². The average Bonchev–Trinajstić information content (AvgIpc) is 3.48. The zero-order valence-corrected chi connectivity index (χ0v) is 16.8. The highest BCUT2D eigenvalue weighted by atomic mass is 16.5. The minimum atomic E-state index is -0.0681. The van der Waals surface area contributed by atoms with Crippen molar-refractivity contribution >= 4 is 11.4 Å². The molecule has 1 saturated heterocycles. The number of carbonyl (C=O) groups is 1. The summed E-state index contributed by atoms with van der Waals surface area (Å²) in [5.74, 6) is 0.476. The van der Waals surface area contributed by atoms with Crippen molar-refractivity contribution in [2.75, 3.05) is 20.3 Å². The van der Waals surface area contributed by atoms with Crippen molar-refractivity contribution in [2.24, 2.45) is 0 Å². The van der Waals surface area contributed by atoms with E-state index in [0.717, 1.165) is 42.6 Å². The van der Waals surface area contributed by atoms with Crippen LogP contribution >= 0.6 is 0 Å². The molecule has 1 aliphatic heterocycles. The Morgan fingerprint density at radius 2 is 2.23 bits per heavy atom. The van der Waals surface area contributed by atoms with Crippen LogP contribution in [-0.2, 0) is 9.53 Å². The van der Waals surface area contributed by atoms with E-state index in [0.29, 0.717) is 12.5 Å². The van der Waals surface area contributed by atoms with Gasteiger partial charge in [0.1, 0.15) is 11.6 Å². The van der Waals surface area contributed by atoms with Crippen molar-refractivity contribution in [3.8, 4) is 17.1 Å². The first kappa shape index (κ1) is 18.8. The summed E-state index contributed by atoms with van der Waals surface area (Å²) in [5, 5.41) is 8.86. The van der Waals surface area contributed by atoms with Crippen LogP contribution in [0.4, 0.5) is 0 Å². The number of nitrogens with zero attached hydrogens (tertiary/aromatic N) is 6. The SMILES string of the molecule is C=CC(=O)N(C)[C@H]1C[C@@H](Oc2nc(-c3cnn([C@H]4CCOC4)c3)cn3nccc23)C1. The summed E-state index contributed by atoms with van der Waals surface area (Å²) in [5.41, 5.74) is 2.47. The van der Waals surface area contributed by atoms with Gasteiger partial charge in [-0.05, 0) is 18.6 Å². The number of likely N-dealkylation sites (N-methyl/N-ethyl adjacent to an activating group) is 1. The van der Waals surface area contributed by atoms with E-state index >= 15 is 0 Å². The summed E-state index contributed by atoms with van der Waals surface area (Å²) in [6.07, 6.45) is 11.3. The van der Waals surface area contributed by atoms with Gasteiger partial charge in [0.05, 0.1) is 36.9 Å². The Balaban J connectivity index is 1.35. The molecule has 2 fully saturated rings. The quantitative estimate of drug-likeness (QED) is 0.581. The van der Waals surface area contributed by atoms with Gasteiger partial charge in [-0.3, -0.25) is 9.48 Å². The molecule has 30 heavy (non-hydrogen) atoms. The highest BCUT2D eigenvalue weighted by Gasteiger charge is 2.36. The van der Waals surface area contributed by atoms with E-state index in [4.69, 9.17) is 14.5 Å². The van der Waals surface area contributed by atoms with Crippen LogP contribution < -0.4 is 4.74 Å². The van der Waals surface area contributed by atoms with Crippen molar-refractivity contribution in [3.05, 3.63) is 43.5 Å². The molecule has 0 N–H and O–H groups in total. The maximum Gasteiger partial charge on any atom is 0.245 e. The second kappa shape index (κ2) is 7.56. The van der Waals surface area contributed by atoms with Crippen molar-refractivity contribution in [1.82, 2.24) is 29.3 Å². The molecule has 0 unspecified atom stereocenters. The molecular weight excluding hydrogens is 384 g/mol. The van der Waals surface area contributed by atoms with Crippen LogP contribution in [0.5, 0.6) is 5.88 Å². The Bertz CT molecular complexity index is 1080. The molecule has 4 heterocycles. The zero-order valence-electron chi connectivity index (χ0n) is 16.8. The minimum Gasteiger partial charge on any atom is -0.473 e. The van der Waals surface area contributed by atoms with Crippen LogP contribution in [0.2, 0.25) is 0 Å². The van der Waals surface area contributed by atoms with Gasteiger partial charge in [0.2, 0.25) is 11.8 Å². The molecular formula is C21H24N6O3. The fourth-order valence-electron chi connectivity index (χ4n) is 3.96. The largest absolute Gasteiger partial charge is 0.473 e. The summed E-state index contributed by atoms with van der Waals surface area (Å²) in [7, 11) is 1.80. The Kier molecular flexibility index (Phi) is 4.74. The third-order valence-electron chi connectivity index (χ3n) is 5.95. The lowest BCUT2D eigenvalue weighted by molar-refractivity contribution is -0.130. The summed E-state index contributed by atoms with van der Waals surface area (Å²) in [6.45, 7) is 5.00. The Morgan fingerprint density at radius 1 is 1.37 bits per heavy atom. The summed E-state index contributed by atoms with van der Waals surface area (Å²) >= 11 is 0. The molecule has 1 atom stereocenters. The van der Waals surface area contributed by atoms with Gasteiger partial charge in [-0.2, -0.15) is 10.2 Å². The molecule has 1 saturated carbocycles. The predicted molar refractivity (Wildman–Crippen MR) is 109 cm³/mol. The van der Waals surface area contributed by atoms with Gasteiger partial charge in [-0.1, -0.05) is 6.58 Å². The van der Waals surface area contributed by atoms with E-state index in [9.17, 15) is 4.79 Å². The molecule has 0 aromatic carbocycles. The van der Waals surface area contributed by atoms with Crippen LogP contribution in [0.3, 0.4) is 0 Å². The van der Waals surface area contributed by atoms with E-state index in [1.54, 1.807) is 22.7 Å². The standard InChI is InChI=1S/C21H24N6O3/c1-3-20(28)25(2)16-8-17(9-16)30-21-19-4-6-22-27(19)12-18(24-21)14-10-23-26(11-14)15-5-7-29-13-15/h3-4,6,10-12,15-17H,1,5,7-9,13H2,2H3/t15-,16-,17+/m0/s1. The van der Waals surface area contributed by atoms with Crippen LogP contribution in [0.25, 0.3) is 16.8 Å². The van der Waals surface area contributed by atoms with Gasteiger partial charge in [0, 0.05) is 44.3 Å². The molecule has 1 amide bonds. The maximum absolute atomic E-state index is 11.8. The Morgan fingerprint density at radius 3 is 3.00 bits per heavy atom. The third-order valence-corrected chi connectivity index (χ3v) is 5.95. The van der Waals surface area contributed by atoms with Crippen molar-refractivity contribution in [3.63, 3.8) is 0 Å². The number of hydrogen-bond acceptors (Lipinski definition) is 6. The molecule has 0 radical (unpaired) electrons. The maximum atomic E-state index is 11.8. The summed E-state index contributed by atoms with van der Waals surface area (Å²) < 4.78 is 15.4. The monoisotopic (exact) mass is 408 g/mol. The van der Waals surface area contributed by atoms with Crippen LogP contribution in [-0.4, -0.2) is 67.6 Å². The third kappa shape index (κ3) is 3.35. The van der Waals surface area contributed by atoms with Crippen molar-refractivity contribution < 1.29 is 14.3 Å². The second-order valence-electron chi connectivity index (χ2n) is 7.84. The predicted octanol–water partition coefficient (Wildman–Crippen LogP) is 2.11. The zero-order chi connectivity index (χ0) is 20.7. The van der Waals surface area contributed by atoms with E-state index in [1.165, 1.54) is 6.08 Å². The summed E-state index contributed by atoms with van der Waals surface area (Å²) in [6, 6.07) is 2.32. The fourth-order valence-corrected chi connectivity index (χ4v) is 3.96. The molecule has 9 heteroatoms. The van der Waals surface area contributed by atoms with Gasteiger partial charge >= 0.3 is 0 Å². The average molecular weight is 408 g/mol. The summed E-state index contributed by atoms with van der Waals surface area (Å²) in [4.78, 5) is 18.3. The highest BCUT2D eigenvalue weighted by molar-refractivity contribution is 5.87. The number of ether oxygens (including phenoxy) is 2. The lowest BCUT2D eigenvalue weighted by Gasteiger charge is -2.40. The van der Waals surface area contributed by atoms with Crippen LogP contribution in [0, 0.1) is 0 Å². The highest BCUT2D eigenvalue weighted by Crippen LogP contribution is 2.32. The lowest BCUT2D eigenvalue weighted by atomic mass is 9.88. The Hall–Kier alpha value is -3.20. The number of aromatic nitrogens is 5. The topological polar surface area (TPSA) is 86.8 Å². The number of rotatable bonds is 6. The van der Waals surface area contributed by atoms with Gasteiger partial charge < -0.3 is 14.4 Å². The second-order valence-corrected chi connectivity index (χ2v) is 7.84. The first-order valence-electron chi connectivity index (χ1n) is 10.1. The van der Waals surface area contributed by atoms with Gasteiger partial charge in [0.15, 0.2) is 0 Å². The van der Waals surface area contributed by atoms with Crippen LogP contribution in [0.1, 0.15) is 25.3 Å². The van der Waals surface area contributed by atoms with Gasteiger partial charge in [-0.15, -0.1) is 0 Å². The van der Waals surface area contributed by atoms with Crippen LogP contribution in [0.15, 0.2) is 43.5 Å². The first-order chi connectivity index (χ1) is 14.6. The Labute approximate surface area is 173 Å². The van der Waals surface area contributed by atoms with E-state index in [1.807, 2.05) is 29.3 Å². The first-order valence-corrected chi connectivity index (χ1v) is 10.1.